The summed E-state index contributed by atoms with van der Waals surface area (Å²) in [6, 6.07) is 3.56. The highest BCUT2D eigenvalue weighted by molar-refractivity contribution is 6.28. The van der Waals surface area contributed by atoms with E-state index >= 15 is 0 Å². The van der Waals surface area contributed by atoms with Gasteiger partial charge in [-0.3, -0.25) is 0 Å². The van der Waals surface area contributed by atoms with Gasteiger partial charge in [0.05, 0.1) is 5.56 Å². The molecule has 0 N–H and O–H groups in total. The minimum atomic E-state index is -4.37. The number of rotatable bonds is 1. The van der Waals surface area contributed by atoms with Crippen molar-refractivity contribution in [3.05, 3.63) is 47.0 Å². The first-order chi connectivity index (χ1) is 8.38. The van der Waals surface area contributed by atoms with Gasteiger partial charge < -0.3 is 0 Å². The number of nitrogens with zero attached hydrogens (tertiary/aromatic N) is 2. The van der Waals surface area contributed by atoms with Crippen LogP contribution in [-0.2, 0) is 6.18 Å². The summed E-state index contributed by atoms with van der Waals surface area (Å²) in [6.07, 6.45) is -1.56. The second kappa shape index (κ2) is 4.57. The summed E-state index contributed by atoms with van der Waals surface area (Å²) in [5.74, 6) is 0. The average Bonchev–Trinajstić information content (AvgIpc) is 2.29. The van der Waals surface area contributed by atoms with Gasteiger partial charge in [0.2, 0.25) is 5.28 Å². The van der Waals surface area contributed by atoms with Gasteiger partial charge in [0.15, 0.2) is 0 Å². The highest BCUT2D eigenvalue weighted by Gasteiger charge is 2.30. The lowest BCUT2D eigenvalue weighted by atomic mass is 10.00. The number of aromatic nitrogens is 2. The van der Waals surface area contributed by atoms with Crippen molar-refractivity contribution < 1.29 is 13.2 Å². The summed E-state index contributed by atoms with van der Waals surface area (Å²) in [7, 11) is 0. The molecule has 0 saturated heterocycles. The maximum atomic E-state index is 12.6. The fraction of sp³-hybridized carbons (Fsp3) is 0.167. The smallest absolute Gasteiger partial charge is 0.226 e. The Hall–Kier alpha value is -1.62. The van der Waals surface area contributed by atoms with E-state index in [2.05, 4.69) is 9.97 Å². The van der Waals surface area contributed by atoms with Gasteiger partial charge >= 0.3 is 6.18 Å². The van der Waals surface area contributed by atoms with Crippen molar-refractivity contribution in [1.29, 1.82) is 0 Å². The van der Waals surface area contributed by atoms with Gasteiger partial charge in [0.25, 0.3) is 0 Å². The Labute approximate surface area is 106 Å². The van der Waals surface area contributed by atoms with Crippen LogP contribution in [0.3, 0.4) is 0 Å². The lowest BCUT2D eigenvalue weighted by Gasteiger charge is -2.11. The van der Waals surface area contributed by atoms with Gasteiger partial charge in [-0.2, -0.15) is 13.2 Å². The minimum Gasteiger partial charge on any atom is -0.226 e. The molecule has 0 bridgehead atoms. The van der Waals surface area contributed by atoms with Crippen molar-refractivity contribution >= 4 is 11.6 Å². The molecule has 0 aliphatic carbocycles. The molecule has 0 spiro atoms. The molecule has 0 radical (unpaired) electrons. The lowest BCUT2D eigenvalue weighted by molar-refractivity contribution is -0.137. The molecule has 0 saturated carbocycles. The molecule has 0 fully saturated rings. The topological polar surface area (TPSA) is 25.8 Å². The highest BCUT2D eigenvalue weighted by Crippen LogP contribution is 2.33. The molecule has 0 amide bonds. The Bertz CT molecular complexity index is 565. The van der Waals surface area contributed by atoms with Crippen LogP contribution in [0.25, 0.3) is 11.1 Å². The van der Waals surface area contributed by atoms with Crippen LogP contribution >= 0.6 is 11.6 Å². The van der Waals surface area contributed by atoms with Crippen molar-refractivity contribution in [1.82, 2.24) is 9.97 Å². The van der Waals surface area contributed by atoms with E-state index < -0.39 is 11.7 Å². The van der Waals surface area contributed by atoms with Gasteiger partial charge in [-0.1, -0.05) is 6.07 Å². The predicted octanol–water partition coefficient (Wildman–Crippen LogP) is 4.12. The molecule has 1 heterocycles. The number of hydrogen-bond acceptors (Lipinski definition) is 2. The highest BCUT2D eigenvalue weighted by atomic mass is 35.5. The minimum absolute atomic E-state index is 0.0587. The van der Waals surface area contributed by atoms with Gasteiger partial charge in [-0.15, -0.1) is 0 Å². The molecule has 1 aromatic heterocycles. The molecule has 2 rings (SSSR count). The Morgan fingerprint density at radius 3 is 2.28 bits per heavy atom. The largest absolute Gasteiger partial charge is 0.416 e. The van der Waals surface area contributed by atoms with Crippen LogP contribution in [0.4, 0.5) is 13.2 Å². The fourth-order valence-corrected chi connectivity index (χ4v) is 1.66. The molecule has 2 nitrogen and oxygen atoms in total. The molecular weight excluding hydrogens is 265 g/mol. The molecule has 18 heavy (non-hydrogen) atoms. The average molecular weight is 273 g/mol. The Kier molecular flexibility index (Phi) is 3.26. The summed E-state index contributed by atoms with van der Waals surface area (Å²) in [4.78, 5) is 7.52. The lowest BCUT2D eigenvalue weighted by Crippen LogP contribution is -2.05. The zero-order valence-corrected chi connectivity index (χ0v) is 10.0. The number of halogens is 4. The molecule has 94 valence electrons. The van der Waals surface area contributed by atoms with Crippen molar-refractivity contribution in [3.8, 4) is 11.1 Å². The van der Waals surface area contributed by atoms with Crippen molar-refractivity contribution in [2.75, 3.05) is 0 Å². The van der Waals surface area contributed by atoms with Crippen LogP contribution < -0.4 is 0 Å². The zero-order valence-electron chi connectivity index (χ0n) is 9.29. The van der Waals surface area contributed by atoms with Crippen LogP contribution in [0.5, 0.6) is 0 Å². The van der Waals surface area contributed by atoms with Crippen molar-refractivity contribution in [3.63, 3.8) is 0 Å². The quantitative estimate of drug-likeness (QED) is 0.730. The maximum absolute atomic E-state index is 12.6. The second-order valence-corrected chi connectivity index (χ2v) is 4.11. The first-order valence-corrected chi connectivity index (χ1v) is 5.41. The molecule has 1 aromatic carbocycles. The predicted molar refractivity (Wildman–Crippen MR) is 62.2 cm³/mol. The van der Waals surface area contributed by atoms with E-state index in [1.807, 2.05) is 0 Å². The normalized spacial score (nSPS) is 11.6. The second-order valence-electron chi connectivity index (χ2n) is 3.77. The van der Waals surface area contributed by atoms with Crippen molar-refractivity contribution in [2.45, 2.75) is 13.1 Å². The van der Waals surface area contributed by atoms with Crippen LogP contribution in [0, 0.1) is 6.92 Å². The summed E-state index contributed by atoms with van der Waals surface area (Å²) < 4.78 is 37.9. The SMILES string of the molecule is Cc1ccc(C(F)(F)F)cc1-c1cnc(Cl)nc1. The Morgan fingerprint density at radius 1 is 1.11 bits per heavy atom. The summed E-state index contributed by atoms with van der Waals surface area (Å²) in [6.45, 7) is 1.73. The third kappa shape index (κ3) is 2.61. The van der Waals surface area contributed by atoms with Crippen LogP contribution in [0.15, 0.2) is 30.6 Å². The molecule has 0 unspecified atom stereocenters. The molecule has 0 aliphatic heterocycles. The van der Waals surface area contributed by atoms with Gasteiger partial charge in [-0.05, 0) is 41.8 Å². The van der Waals surface area contributed by atoms with E-state index in [9.17, 15) is 13.2 Å². The fourth-order valence-electron chi connectivity index (χ4n) is 1.56. The molecule has 2 aromatic rings. The number of benzene rings is 1. The maximum Gasteiger partial charge on any atom is 0.416 e. The number of hydrogen-bond donors (Lipinski definition) is 0. The molecule has 0 atom stereocenters. The van der Waals surface area contributed by atoms with Gasteiger partial charge in [0.1, 0.15) is 0 Å². The van der Waals surface area contributed by atoms with E-state index in [-0.39, 0.29) is 5.28 Å². The standard InChI is InChI=1S/C12H8ClF3N2/c1-7-2-3-9(12(14,15)16)4-10(7)8-5-17-11(13)18-6-8/h2-6H,1H3. The summed E-state index contributed by atoms with van der Waals surface area (Å²) >= 11 is 5.54. The van der Waals surface area contributed by atoms with Crippen LogP contribution in [0.1, 0.15) is 11.1 Å². The third-order valence-corrected chi connectivity index (χ3v) is 2.69. The van der Waals surface area contributed by atoms with E-state index in [1.165, 1.54) is 18.5 Å². The van der Waals surface area contributed by atoms with Crippen LogP contribution in [-0.4, -0.2) is 9.97 Å². The monoisotopic (exact) mass is 272 g/mol. The summed E-state index contributed by atoms with van der Waals surface area (Å²) in [5.41, 5.74) is 0.969. The van der Waals surface area contributed by atoms with Gasteiger partial charge in [0, 0.05) is 18.0 Å². The Balaban J connectivity index is 2.53. The van der Waals surface area contributed by atoms with E-state index in [0.717, 1.165) is 12.1 Å². The van der Waals surface area contributed by atoms with E-state index in [4.69, 9.17) is 11.6 Å². The summed E-state index contributed by atoms with van der Waals surface area (Å²) in [5, 5.41) is 0.0587. The molecule has 6 heteroatoms. The number of alkyl halides is 3. The molecular formula is C12H8ClF3N2. The van der Waals surface area contributed by atoms with Gasteiger partial charge in [-0.25, -0.2) is 9.97 Å². The molecule has 0 aliphatic rings. The zero-order chi connectivity index (χ0) is 13.3. The Morgan fingerprint density at radius 2 is 1.72 bits per heavy atom. The van der Waals surface area contributed by atoms with E-state index in [1.54, 1.807) is 6.92 Å². The number of aryl methyl sites for hydroxylation is 1. The van der Waals surface area contributed by atoms with Crippen LogP contribution in [0.2, 0.25) is 5.28 Å². The first-order valence-electron chi connectivity index (χ1n) is 5.03. The first kappa shape index (κ1) is 12.8. The van der Waals surface area contributed by atoms with E-state index in [0.29, 0.717) is 16.7 Å². The van der Waals surface area contributed by atoms with Crippen molar-refractivity contribution in [2.24, 2.45) is 0 Å². The third-order valence-electron chi connectivity index (χ3n) is 2.50.